The molecule has 26 heavy (non-hydrogen) atoms. The van der Waals surface area contributed by atoms with E-state index in [9.17, 15) is 18.0 Å². The number of hydrogen-bond acceptors (Lipinski definition) is 3. The van der Waals surface area contributed by atoms with Crippen molar-refractivity contribution in [3.8, 4) is 0 Å². The van der Waals surface area contributed by atoms with E-state index in [0.29, 0.717) is 17.3 Å². The molecule has 1 N–H and O–H groups in total. The molecule has 0 aliphatic heterocycles. The lowest BCUT2D eigenvalue weighted by molar-refractivity contribution is -0.143. The van der Waals surface area contributed by atoms with Gasteiger partial charge in [-0.2, -0.15) is 23.4 Å². The van der Waals surface area contributed by atoms with Crippen LogP contribution in [0.25, 0.3) is 0 Å². The SMILES string of the molecule is Cc1ccc(Cn2ccc(NC(=O)c3cc(C(F)(F)F)n(C)n3)n2)cc1. The van der Waals surface area contributed by atoms with E-state index < -0.39 is 17.8 Å². The fraction of sp³-hybridized carbons (Fsp3) is 0.235. The van der Waals surface area contributed by atoms with Crippen molar-refractivity contribution in [3.63, 3.8) is 0 Å². The van der Waals surface area contributed by atoms with Crippen LogP contribution in [0.5, 0.6) is 0 Å². The zero-order valence-electron chi connectivity index (χ0n) is 14.1. The second kappa shape index (κ2) is 6.66. The number of alkyl halides is 3. The highest BCUT2D eigenvalue weighted by Gasteiger charge is 2.35. The van der Waals surface area contributed by atoms with Crippen LogP contribution in [0.4, 0.5) is 19.0 Å². The van der Waals surface area contributed by atoms with E-state index in [2.05, 4.69) is 15.5 Å². The van der Waals surface area contributed by atoms with Crippen LogP contribution in [0.1, 0.15) is 27.3 Å². The summed E-state index contributed by atoms with van der Waals surface area (Å²) in [6, 6.07) is 10.2. The van der Waals surface area contributed by atoms with E-state index in [-0.39, 0.29) is 11.5 Å². The molecule has 0 saturated carbocycles. The zero-order chi connectivity index (χ0) is 18.9. The normalized spacial score (nSPS) is 11.6. The van der Waals surface area contributed by atoms with Crippen LogP contribution in [0, 0.1) is 6.92 Å². The van der Waals surface area contributed by atoms with Gasteiger partial charge in [0.2, 0.25) is 0 Å². The number of aryl methyl sites for hydroxylation is 2. The monoisotopic (exact) mass is 363 g/mol. The number of benzene rings is 1. The molecule has 3 aromatic rings. The minimum absolute atomic E-state index is 0.237. The Hall–Kier alpha value is -3.10. The maximum absolute atomic E-state index is 12.8. The number of carbonyl (C=O) groups is 1. The molecule has 0 spiro atoms. The van der Waals surface area contributed by atoms with E-state index in [1.165, 1.54) is 0 Å². The van der Waals surface area contributed by atoms with Gasteiger partial charge in [0.15, 0.2) is 11.5 Å². The lowest BCUT2D eigenvalue weighted by Gasteiger charge is -2.04. The number of aromatic nitrogens is 4. The highest BCUT2D eigenvalue weighted by atomic mass is 19.4. The van der Waals surface area contributed by atoms with Gasteiger partial charge in [-0.05, 0) is 12.5 Å². The number of nitrogens with zero attached hydrogens (tertiary/aromatic N) is 4. The summed E-state index contributed by atoms with van der Waals surface area (Å²) in [6.07, 6.45) is -2.90. The molecule has 0 bridgehead atoms. The van der Waals surface area contributed by atoms with Crippen LogP contribution >= 0.6 is 0 Å². The van der Waals surface area contributed by atoms with Crippen molar-refractivity contribution < 1.29 is 18.0 Å². The minimum atomic E-state index is -4.57. The van der Waals surface area contributed by atoms with Crippen molar-refractivity contribution in [1.82, 2.24) is 19.6 Å². The van der Waals surface area contributed by atoms with Crippen molar-refractivity contribution >= 4 is 11.7 Å². The first-order valence-corrected chi connectivity index (χ1v) is 7.74. The number of halogens is 3. The zero-order valence-corrected chi connectivity index (χ0v) is 14.1. The van der Waals surface area contributed by atoms with Crippen LogP contribution in [0.3, 0.4) is 0 Å². The van der Waals surface area contributed by atoms with Gasteiger partial charge in [0.25, 0.3) is 5.91 Å². The molecule has 0 fully saturated rings. The predicted molar refractivity (Wildman–Crippen MR) is 88.7 cm³/mol. The van der Waals surface area contributed by atoms with Crippen molar-refractivity contribution in [2.24, 2.45) is 7.05 Å². The minimum Gasteiger partial charge on any atom is -0.304 e. The third kappa shape index (κ3) is 3.93. The number of amides is 1. The Morgan fingerprint density at radius 1 is 1.15 bits per heavy atom. The van der Waals surface area contributed by atoms with Gasteiger partial charge in [-0.15, -0.1) is 0 Å². The molecule has 2 aromatic heterocycles. The number of rotatable bonds is 4. The summed E-state index contributed by atoms with van der Waals surface area (Å²) in [5, 5.41) is 10.3. The van der Waals surface area contributed by atoms with E-state index in [4.69, 9.17) is 0 Å². The smallest absolute Gasteiger partial charge is 0.304 e. The molecule has 0 atom stereocenters. The van der Waals surface area contributed by atoms with Crippen molar-refractivity contribution in [2.45, 2.75) is 19.6 Å². The van der Waals surface area contributed by atoms with Crippen molar-refractivity contribution in [3.05, 3.63) is 65.1 Å². The molecule has 1 aromatic carbocycles. The number of nitrogens with one attached hydrogen (secondary N) is 1. The molecule has 2 heterocycles. The first-order chi connectivity index (χ1) is 12.2. The van der Waals surface area contributed by atoms with E-state index in [1.807, 2.05) is 31.2 Å². The van der Waals surface area contributed by atoms with Crippen LogP contribution in [0.2, 0.25) is 0 Å². The fourth-order valence-electron chi connectivity index (χ4n) is 2.42. The molecule has 0 radical (unpaired) electrons. The van der Waals surface area contributed by atoms with Crippen molar-refractivity contribution in [2.75, 3.05) is 5.32 Å². The fourth-order valence-corrected chi connectivity index (χ4v) is 2.42. The second-order valence-electron chi connectivity index (χ2n) is 5.87. The Kier molecular flexibility index (Phi) is 4.54. The van der Waals surface area contributed by atoms with Crippen LogP contribution in [-0.2, 0) is 19.8 Å². The van der Waals surface area contributed by atoms with E-state index in [0.717, 1.165) is 18.2 Å². The summed E-state index contributed by atoms with van der Waals surface area (Å²) in [5.41, 5.74) is 0.868. The summed E-state index contributed by atoms with van der Waals surface area (Å²) in [7, 11) is 1.13. The van der Waals surface area contributed by atoms with Crippen LogP contribution in [0.15, 0.2) is 42.6 Å². The van der Waals surface area contributed by atoms with Crippen LogP contribution < -0.4 is 5.32 Å². The van der Waals surface area contributed by atoms with Gasteiger partial charge in [-0.3, -0.25) is 14.2 Å². The van der Waals surface area contributed by atoms with Crippen molar-refractivity contribution in [1.29, 1.82) is 0 Å². The Morgan fingerprint density at radius 3 is 2.46 bits per heavy atom. The summed E-state index contributed by atoms with van der Waals surface area (Å²) >= 11 is 0. The largest absolute Gasteiger partial charge is 0.433 e. The maximum Gasteiger partial charge on any atom is 0.433 e. The van der Waals surface area contributed by atoms with E-state index >= 15 is 0 Å². The first-order valence-electron chi connectivity index (χ1n) is 7.74. The average Bonchev–Trinajstić information content (AvgIpc) is 3.16. The lowest BCUT2D eigenvalue weighted by atomic mass is 10.1. The molecule has 0 aliphatic carbocycles. The summed E-state index contributed by atoms with van der Waals surface area (Å²) in [5.74, 6) is -0.516. The van der Waals surface area contributed by atoms with Gasteiger partial charge in [-0.25, -0.2) is 0 Å². The first kappa shape index (κ1) is 17.7. The topological polar surface area (TPSA) is 64.7 Å². The summed E-state index contributed by atoms with van der Waals surface area (Å²) in [6.45, 7) is 2.51. The molecule has 0 unspecified atom stereocenters. The lowest BCUT2D eigenvalue weighted by Crippen LogP contribution is -2.14. The Balaban J connectivity index is 1.69. The third-order valence-electron chi connectivity index (χ3n) is 3.75. The highest BCUT2D eigenvalue weighted by Crippen LogP contribution is 2.29. The Labute approximate surface area is 147 Å². The molecule has 1 amide bonds. The molecule has 0 aliphatic rings. The molecule has 0 saturated heterocycles. The number of anilines is 1. The summed E-state index contributed by atoms with van der Waals surface area (Å²) < 4.78 is 40.6. The van der Waals surface area contributed by atoms with Gasteiger partial charge >= 0.3 is 6.18 Å². The van der Waals surface area contributed by atoms with Gasteiger partial charge in [0.1, 0.15) is 5.69 Å². The van der Waals surface area contributed by atoms with Crippen LogP contribution in [-0.4, -0.2) is 25.5 Å². The standard InChI is InChI=1S/C17H16F3N5O/c1-11-3-5-12(6-4-11)10-25-8-7-15(23-25)21-16(26)13-9-14(17(18,19)20)24(2)22-13/h3-9H,10H2,1-2H3,(H,21,23,26). The highest BCUT2D eigenvalue weighted by molar-refractivity contribution is 6.02. The quantitative estimate of drug-likeness (QED) is 0.774. The molecule has 136 valence electrons. The molecule has 3 rings (SSSR count). The maximum atomic E-state index is 12.8. The number of carbonyl (C=O) groups excluding carboxylic acids is 1. The number of hydrogen-bond donors (Lipinski definition) is 1. The van der Waals surface area contributed by atoms with Gasteiger partial charge in [-0.1, -0.05) is 29.8 Å². The molecule has 9 heteroatoms. The molecule has 6 nitrogen and oxygen atoms in total. The van der Waals surface area contributed by atoms with Gasteiger partial charge in [0, 0.05) is 25.4 Å². The second-order valence-corrected chi connectivity index (χ2v) is 5.87. The third-order valence-corrected chi connectivity index (χ3v) is 3.75. The average molecular weight is 363 g/mol. The predicted octanol–water partition coefficient (Wildman–Crippen LogP) is 3.24. The molecular formula is C17H16F3N5O. The van der Waals surface area contributed by atoms with Gasteiger partial charge in [0.05, 0.1) is 6.54 Å². The summed E-state index contributed by atoms with van der Waals surface area (Å²) in [4.78, 5) is 12.1. The molecular weight excluding hydrogens is 347 g/mol. The Bertz CT molecular complexity index is 925. The Morgan fingerprint density at radius 2 is 1.85 bits per heavy atom. The van der Waals surface area contributed by atoms with Gasteiger partial charge < -0.3 is 5.32 Å². The van der Waals surface area contributed by atoms with E-state index in [1.54, 1.807) is 16.9 Å².